The van der Waals surface area contributed by atoms with Gasteiger partial charge in [-0.3, -0.25) is 4.79 Å². The number of carbonyl (C=O) groups excluding carboxylic acids is 1. The van der Waals surface area contributed by atoms with Gasteiger partial charge in [0.2, 0.25) is 0 Å². The summed E-state index contributed by atoms with van der Waals surface area (Å²) in [5, 5.41) is 21.7. The average Bonchev–Trinajstić information content (AvgIpc) is 2.87. The molecule has 0 saturated heterocycles. The normalized spacial score (nSPS) is 10.3. The SMILES string of the molecule is O=C(NCCCc1ccco1)c1c(O)cccc1O. The first-order valence-corrected chi connectivity index (χ1v) is 6.00. The second kappa shape index (κ2) is 5.95. The number of carbonyl (C=O) groups is 1. The van der Waals surface area contributed by atoms with Crippen LogP contribution in [0.15, 0.2) is 41.0 Å². The minimum atomic E-state index is -0.491. The van der Waals surface area contributed by atoms with Gasteiger partial charge in [-0.05, 0) is 30.7 Å². The molecule has 2 aromatic rings. The van der Waals surface area contributed by atoms with Crippen LogP contribution in [0.3, 0.4) is 0 Å². The molecule has 0 radical (unpaired) electrons. The summed E-state index contributed by atoms with van der Waals surface area (Å²) >= 11 is 0. The van der Waals surface area contributed by atoms with Crippen LogP contribution < -0.4 is 5.32 Å². The van der Waals surface area contributed by atoms with Crippen molar-refractivity contribution in [3.8, 4) is 11.5 Å². The first-order chi connectivity index (χ1) is 9.18. The van der Waals surface area contributed by atoms with Crippen LogP contribution in [0.5, 0.6) is 11.5 Å². The van der Waals surface area contributed by atoms with E-state index in [0.717, 1.165) is 12.2 Å². The lowest BCUT2D eigenvalue weighted by atomic mass is 10.1. The molecule has 0 bridgehead atoms. The molecule has 100 valence electrons. The van der Waals surface area contributed by atoms with Crippen LogP contribution >= 0.6 is 0 Å². The maximum absolute atomic E-state index is 11.8. The molecular weight excluding hydrogens is 246 g/mol. The van der Waals surface area contributed by atoms with E-state index in [-0.39, 0.29) is 17.1 Å². The molecule has 0 spiro atoms. The van der Waals surface area contributed by atoms with Crippen LogP contribution in [-0.4, -0.2) is 22.7 Å². The van der Waals surface area contributed by atoms with Gasteiger partial charge in [0.1, 0.15) is 22.8 Å². The lowest BCUT2D eigenvalue weighted by molar-refractivity contribution is 0.0947. The van der Waals surface area contributed by atoms with Gasteiger partial charge in [-0.2, -0.15) is 0 Å². The number of phenolic OH excluding ortho intramolecular Hbond substituents is 2. The zero-order chi connectivity index (χ0) is 13.7. The zero-order valence-electron chi connectivity index (χ0n) is 10.3. The van der Waals surface area contributed by atoms with E-state index in [1.165, 1.54) is 18.2 Å². The average molecular weight is 261 g/mol. The Bertz CT molecular complexity index is 528. The molecule has 0 atom stereocenters. The van der Waals surface area contributed by atoms with Crippen molar-refractivity contribution in [3.05, 3.63) is 47.9 Å². The third-order valence-corrected chi connectivity index (χ3v) is 2.71. The van der Waals surface area contributed by atoms with Crippen molar-refractivity contribution in [1.82, 2.24) is 5.32 Å². The molecule has 0 unspecified atom stereocenters. The van der Waals surface area contributed by atoms with Gasteiger partial charge in [0, 0.05) is 13.0 Å². The molecule has 0 aliphatic rings. The molecule has 1 heterocycles. The molecule has 2 rings (SSSR count). The molecule has 1 aromatic carbocycles. The van der Waals surface area contributed by atoms with E-state index >= 15 is 0 Å². The number of amides is 1. The fourth-order valence-electron chi connectivity index (χ4n) is 1.77. The Kier molecular flexibility index (Phi) is 4.07. The van der Waals surface area contributed by atoms with Gasteiger partial charge in [0.25, 0.3) is 5.91 Å². The summed E-state index contributed by atoms with van der Waals surface area (Å²) < 4.78 is 5.17. The third-order valence-electron chi connectivity index (χ3n) is 2.71. The quantitative estimate of drug-likeness (QED) is 0.719. The lowest BCUT2D eigenvalue weighted by Crippen LogP contribution is -2.24. The van der Waals surface area contributed by atoms with Crippen LogP contribution in [0.2, 0.25) is 0 Å². The highest BCUT2D eigenvalue weighted by atomic mass is 16.3. The summed E-state index contributed by atoms with van der Waals surface area (Å²) in [6.07, 6.45) is 3.04. The maximum atomic E-state index is 11.8. The summed E-state index contributed by atoms with van der Waals surface area (Å²) in [4.78, 5) is 11.8. The number of aryl methyl sites for hydroxylation is 1. The van der Waals surface area contributed by atoms with Crippen LogP contribution in [0.1, 0.15) is 22.5 Å². The highest BCUT2D eigenvalue weighted by Crippen LogP contribution is 2.25. The number of benzene rings is 1. The first kappa shape index (κ1) is 13.0. The number of rotatable bonds is 5. The van der Waals surface area contributed by atoms with E-state index in [1.54, 1.807) is 6.26 Å². The predicted molar refractivity (Wildman–Crippen MR) is 69.1 cm³/mol. The zero-order valence-corrected chi connectivity index (χ0v) is 10.3. The van der Waals surface area contributed by atoms with E-state index in [2.05, 4.69) is 5.32 Å². The van der Waals surface area contributed by atoms with Gasteiger partial charge in [-0.25, -0.2) is 0 Å². The van der Waals surface area contributed by atoms with Crippen molar-refractivity contribution in [2.45, 2.75) is 12.8 Å². The molecule has 0 fully saturated rings. The summed E-state index contributed by atoms with van der Waals surface area (Å²) in [5.74, 6) is -0.0956. The van der Waals surface area contributed by atoms with Crippen molar-refractivity contribution in [2.75, 3.05) is 6.54 Å². The number of hydrogen-bond donors (Lipinski definition) is 3. The molecule has 5 heteroatoms. The Morgan fingerprint density at radius 2 is 1.89 bits per heavy atom. The molecule has 3 N–H and O–H groups in total. The Labute approximate surface area is 110 Å². The molecular formula is C14H15NO4. The predicted octanol–water partition coefficient (Wildman–Crippen LogP) is 2.05. The van der Waals surface area contributed by atoms with Crippen molar-refractivity contribution in [1.29, 1.82) is 0 Å². The molecule has 0 saturated carbocycles. The lowest BCUT2D eigenvalue weighted by Gasteiger charge is -2.07. The maximum Gasteiger partial charge on any atom is 0.258 e. The van der Waals surface area contributed by atoms with E-state index in [0.29, 0.717) is 13.0 Å². The van der Waals surface area contributed by atoms with E-state index in [4.69, 9.17) is 4.42 Å². The van der Waals surface area contributed by atoms with Gasteiger partial charge >= 0.3 is 0 Å². The highest BCUT2D eigenvalue weighted by Gasteiger charge is 2.15. The van der Waals surface area contributed by atoms with Crippen LogP contribution in [0.25, 0.3) is 0 Å². The Morgan fingerprint density at radius 1 is 1.16 bits per heavy atom. The van der Waals surface area contributed by atoms with Gasteiger partial charge in [0.15, 0.2) is 0 Å². The molecule has 19 heavy (non-hydrogen) atoms. The third kappa shape index (κ3) is 3.28. The van der Waals surface area contributed by atoms with Crippen molar-refractivity contribution in [2.24, 2.45) is 0 Å². The van der Waals surface area contributed by atoms with E-state index in [1.807, 2.05) is 12.1 Å². The second-order valence-electron chi connectivity index (χ2n) is 4.11. The monoisotopic (exact) mass is 261 g/mol. The van der Waals surface area contributed by atoms with Gasteiger partial charge in [-0.15, -0.1) is 0 Å². The van der Waals surface area contributed by atoms with E-state index < -0.39 is 5.91 Å². The van der Waals surface area contributed by atoms with Crippen LogP contribution in [-0.2, 0) is 6.42 Å². The fourth-order valence-corrected chi connectivity index (χ4v) is 1.77. The van der Waals surface area contributed by atoms with Crippen LogP contribution in [0, 0.1) is 0 Å². The fraction of sp³-hybridized carbons (Fsp3) is 0.214. The summed E-state index contributed by atoms with van der Waals surface area (Å²) in [6, 6.07) is 7.87. The standard InChI is InChI=1S/C14H15NO4/c16-11-6-1-7-12(17)13(11)14(18)15-8-2-4-10-5-3-9-19-10/h1,3,5-7,9,16-17H,2,4,8H2,(H,15,18). The van der Waals surface area contributed by atoms with E-state index in [9.17, 15) is 15.0 Å². The Morgan fingerprint density at radius 3 is 2.53 bits per heavy atom. The Hall–Kier alpha value is -2.43. The van der Waals surface area contributed by atoms with Crippen molar-refractivity contribution >= 4 is 5.91 Å². The highest BCUT2D eigenvalue weighted by molar-refractivity contribution is 5.99. The van der Waals surface area contributed by atoms with Gasteiger partial charge < -0.3 is 19.9 Å². The molecule has 5 nitrogen and oxygen atoms in total. The summed E-state index contributed by atoms with van der Waals surface area (Å²) in [5.41, 5.74) is -0.0968. The molecule has 0 aliphatic heterocycles. The minimum absolute atomic E-state index is 0.0968. The second-order valence-corrected chi connectivity index (χ2v) is 4.11. The largest absolute Gasteiger partial charge is 0.507 e. The number of aromatic hydroxyl groups is 2. The van der Waals surface area contributed by atoms with Gasteiger partial charge in [0.05, 0.1) is 6.26 Å². The number of furan rings is 1. The molecule has 0 aliphatic carbocycles. The topological polar surface area (TPSA) is 82.7 Å². The van der Waals surface area contributed by atoms with Gasteiger partial charge in [-0.1, -0.05) is 6.07 Å². The smallest absolute Gasteiger partial charge is 0.258 e. The first-order valence-electron chi connectivity index (χ1n) is 6.00. The van der Waals surface area contributed by atoms with Crippen molar-refractivity contribution in [3.63, 3.8) is 0 Å². The number of hydrogen-bond acceptors (Lipinski definition) is 4. The van der Waals surface area contributed by atoms with Crippen molar-refractivity contribution < 1.29 is 19.4 Å². The molecule has 1 amide bonds. The summed E-state index contributed by atoms with van der Waals surface area (Å²) in [7, 11) is 0. The summed E-state index contributed by atoms with van der Waals surface area (Å²) in [6.45, 7) is 0.438. The molecule has 1 aromatic heterocycles. The number of nitrogens with one attached hydrogen (secondary N) is 1. The minimum Gasteiger partial charge on any atom is -0.507 e. The Balaban J connectivity index is 1.84. The number of phenols is 2. The van der Waals surface area contributed by atoms with Crippen LogP contribution in [0.4, 0.5) is 0 Å².